The van der Waals surface area contributed by atoms with Crippen LogP contribution in [0.25, 0.3) is 16.0 Å². The summed E-state index contributed by atoms with van der Waals surface area (Å²) in [5, 5.41) is 0.574. The molecule has 0 aliphatic heterocycles. The van der Waals surface area contributed by atoms with Crippen molar-refractivity contribution in [2.75, 3.05) is 5.75 Å². The molecule has 0 amide bonds. The third-order valence-corrected chi connectivity index (χ3v) is 5.00. The molecule has 2 aromatic heterocycles. The first-order chi connectivity index (χ1) is 10.2. The van der Waals surface area contributed by atoms with Crippen LogP contribution in [0.1, 0.15) is 0 Å². The highest BCUT2D eigenvalue weighted by Gasteiger charge is 2.13. The van der Waals surface area contributed by atoms with Crippen LogP contribution in [-0.2, 0) is 0 Å². The zero-order valence-corrected chi connectivity index (χ0v) is 13.4. The number of benzene rings is 1. The molecule has 21 heavy (non-hydrogen) atoms. The average molecular weight is 333 g/mol. The molecule has 0 aliphatic rings. The fourth-order valence-electron chi connectivity index (χ4n) is 1.90. The van der Waals surface area contributed by atoms with E-state index in [2.05, 4.69) is 16.5 Å². The standard InChI is InChI=1S/C14H11N3OS3/c1-2-8-20-13-15-11-10(12(18)16-13)21-14(19)17(11)9-6-4-3-5-7-9/h2-7H,1,8H2,(H,15,16,18). The minimum Gasteiger partial charge on any atom is -0.300 e. The number of para-hydroxylation sites is 1. The van der Waals surface area contributed by atoms with Gasteiger partial charge in [0.15, 0.2) is 14.8 Å². The lowest BCUT2D eigenvalue weighted by molar-refractivity contribution is 0.945. The van der Waals surface area contributed by atoms with Crippen LogP contribution >= 0.6 is 35.3 Å². The van der Waals surface area contributed by atoms with E-state index in [0.717, 1.165) is 5.69 Å². The highest BCUT2D eigenvalue weighted by atomic mass is 32.2. The maximum atomic E-state index is 12.2. The normalized spacial score (nSPS) is 10.9. The van der Waals surface area contributed by atoms with Gasteiger partial charge >= 0.3 is 0 Å². The Morgan fingerprint density at radius 3 is 2.90 bits per heavy atom. The van der Waals surface area contributed by atoms with Crippen LogP contribution in [0.2, 0.25) is 0 Å². The summed E-state index contributed by atoms with van der Waals surface area (Å²) >= 11 is 8.10. The fourth-order valence-corrected chi connectivity index (χ4v) is 3.77. The maximum Gasteiger partial charge on any atom is 0.271 e. The molecule has 3 rings (SSSR count). The summed E-state index contributed by atoms with van der Waals surface area (Å²) in [5.74, 6) is 0.685. The second-order valence-electron chi connectivity index (χ2n) is 4.16. The highest BCUT2D eigenvalue weighted by Crippen LogP contribution is 2.24. The van der Waals surface area contributed by atoms with E-state index in [1.807, 2.05) is 34.9 Å². The largest absolute Gasteiger partial charge is 0.300 e. The van der Waals surface area contributed by atoms with Gasteiger partial charge in [0.25, 0.3) is 5.56 Å². The molecule has 0 saturated carbocycles. The van der Waals surface area contributed by atoms with E-state index < -0.39 is 0 Å². The summed E-state index contributed by atoms with van der Waals surface area (Å²) in [7, 11) is 0. The summed E-state index contributed by atoms with van der Waals surface area (Å²) in [5.41, 5.74) is 1.36. The molecule has 0 radical (unpaired) electrons. The number of thioether (sulfide) groups is 1. The molecule has 1 aromatic carbocycles. The Morgan fingerprint density at radius 1 is 1.43 bits per heavy atom. The molecule has 2 heterocycles. The van der Waals surface area contributed by atoms with Gasteiger partial charge in [-0.1, -0.05) is 47.4 Å². The van der Waals surface area contributed by atoms with E-state index in [1.165, 1.54) is 23.1 Å². The lowest BCUT2D eigenvalue weighted by Gasteiger charge is -2.04. The Balaban J connectivity index is 2.27. The number of thiazole rings is 1. The number of hydrogen-bond acceptors (Lipinski definition) is 5. The molecular formula is C14H11N3OS3. The number of nitrogens with zero attached hydrogens (tertiary/aromatic N) is 2. The van der Waals surface area contributed by atoms with Crippen LogP contribution < -0.4 is 5.56 Å². The summed E-state index contributed by atoms with van der Waals surface area (Å²) in [6.07, 6.45) is 1.77. The van der Waals surface area contributed by atoms with Gasteiger partial charge in [-0.15, -0.1) is 6.58 Å². The van der Waals surface area contributed by atoms with Crippen LogP contribution in [0.15, 0.2) is 52.9 Å². The van der Waals surface area contributed by atoms with Gasteiger partial charge in [-0.25, -0.2) is 4.98 Å². The smallest absolute Gasteiger partial charge is 0.271 e. The van der Waals surface area contributed by atoms with Gasteiger partial charge in [0.05, 0.1) is 0 Å². The van der Waals surface area contributed by atoms with Gasteiger partial charge in [-0.05, 0) is 24.4 Å². The quantitative estimate of drug-likeness (QED) is 0.342. The van der Waals surface area contributed by atoms with E-state index in [4.69, 9.17) is 12.2 Å². The minimum atomic E-state index is -0.155. The Morgan fingerprint density at radius 2 is 2.19 bits per heavy atom. The van der Waals surface area contributed by atoms with Gasteiger partial charge < -0.3 is 4.98 Å². The molecule has 7 heteroatoms. The SMILES string of the molecule is C=CCSc1nc2c(sc(=S)n2-c2ccccc2)c(=O)[nH]1. The predicted molar refractivity (Wildman–Crippen MR) is 91.3 cm³/mol. The maximum absolute atomic E-state index is 12.2. The van der Waals surface area contributed by atoms with E-state index in [-0.39, 0.29) is 5.56 Å². The molecule has 0 unspecified atom stereocenters. The highest BCUT2D eigenvalue weighted by molar-refractivity contribution is 7.99. The average Bonchev–Trinajstić information content (AvgIpc) is 2.83. The molecule has 0 bridgehead atoms. The summed E-state index contributed by atoms with van der Waals surface area (Å²) < 4.78 is 3.00. The van der Waals surface area contributed by atoms with Crippen molar-refractivity contribution in [3.05, 3.63) is 57.3 Å². The number of rotatable bonds is 4. The van der Waals surface area contributed by atoms with Gasteiger partial charge in [0.1, 0.15) is 4.70 Å². The molecule has 0 aliphatic carbocycles. The molecule has 0 spiro atoms. The summed E-state index contributed by atoms with van der Waals surface area (Å²) in [4.78, 5) is 19.5. The Kier molecular flexibility index (Phi) is 4.05. The van der Waals surface area contributed by atoms with Gasteiger partial charge in [-0.2, -0.15) is 0 Å². The van der Waals surface area contributed by atoms with Gasteiger partial charge in [-0.3, -0.25) is 9.36 Å². The lowest BCUT2D eigenvalue weighted by atomic mass is 10.3. The Labute approximate surface area is 134 Å². The van der Waals surface area contributed by atoms with Crippen LogP contribution in [0.4, 0.5) is 0 Å². The monoisotopic (exact) mass is 333 g/mol. The molecule has 0 saturated heterocycles. The number of aromatic nitrogens is 3. The summed E-state index contributed by atoms with van der Waals surface area (Å²) in [6.45, 7) is 3.67. The fraction of sp³-hybridized carbons (Fsp3) is 0.0714. The Bertz CT molecular complexity index is 909. The molecule has 0 fully saturated rings. The van der Waals surface area contributed by atoms with Crippen molar-refractivity contribution in [2.24, 2.45) is 0 Å². The van der Waals surface area contributed by atoms with Crippen molar-refractivity contribution >= 4 is 45.7 Å². The van der Waals surface area contributed by atoms with Gasteiger partial charge in [0.2, 0.25) is 0 Å². The van der Waals surface area contributed by atoms with Crippen LogP contribution in [0, 0.1) is 3.95 Å². The summed E-state index contributed by atoms with van der Waals surface area (Å²) in [6, 6.07) is 9.69. The van der Waals surface area contributed by atoms with Gasteiger partial charge in [0, 0.05) is 11.4 Å². The van der Waals surface area contributed by atoms with E-state index in [9.17, 15) is 4.79 Å². The first-order valence-corrected chi connectivity index (χ1v) is 8.36. The number of fused-ring (bicyclic) bond motifs is 1. The Hall–Kier alpha value is -1.70. The topological polar surface area (TPSA) is 50.7 Å². The minimum absolute atomic E-state index is 0.155. The molecule has 1 N–H and O–H groups in total. The second-order valence-corrected chi connectivity index (χ2v) is 6.82. The van der Waals surface area contributed by atoms with Crippen molar-refractivity contribution < 1.29 is 0 Å². The predicted octanol–water partition coefficient (Wildman–Crippen LogP) is 3.78. The van der Waals surface area contributed by atoms with Crippen molar-refractivity contribution in [2.45, 2.75) is 5.16 Å². The first kappa shape index (κ1) is 14.2. The van der Waals surface area contributed by atoms with E-state index >= 15 is 0 Å². The lowest BCUT2D eigenvalue weighted by Crippen LogP contribution is -2.09. The number of hydrogen-bond donors (Lipinski definition) is 1. The van der Waals surface area contributed by atoms with Crippen LogP contribution in [0.3, 0.4) is 0 Å². The van der Waals surface area contributed by atoms with Crippen molar-refractivity contribution in [3.63, 3.8) is 0 Å². The molecule has 4 nitrogen and oxygen atoms in total. The third kappa shape index (κ3) is 2.72. The molecular weight excluding hydrogens is 322 g/mol. The van der Waals surface area contributed by atoms with Crippen molar-refractivity contribution in [1.82, 2.24) is 14.5 Å². The van der Waals surface area contributed by atoms with E-state index in [0.29, 0.717) is 25.2 Å². The number of H-pyrrole nitrogens is 1. The second kappa shape index (κ2) is 5.97. The molecule has 106 valence electrons. The zero-order valence-electron chi connectivity index (χ0n) is 10.9. The van der Waals surface area contributed by atoms with Crippen molar-refractivity contribution in [1.29, 1.82) is 0 Å². The zero-order chi connectivity index (χ0) is 14.8. The molecule has 3 aromatic rings. The number of nitrogens with one attached hydrogen (secondary N) is 1. The third-order valence-electron chi connectivity index (χ3n) is 2.77. The van der Waals surface area contributed by atoms with Crippen LogP contribution in [-0.4, -0.2) is 20.3 Å². The van der Waals surface area contributed by atoms with E-state index in [1.54, 1.807) is 6.08 Å². The van der Waals surface area contributed by atoms with Crippen molar-refractivity contribution in [3.8, 4) is 5.69 Å². The number of aromatic amines is 1. The first-order valence-electron chi connectivity index (χ1n) is 6.15. The van der Waals surface area contributed by atoms with Crippen LogP contribution in [0.5, 0.6) is 0 Å². The molecule has 0 atom stereocenters.